The van der Waals surface area contributed by atoms with E-state index >= 15 is 0 Å². The molecule has 0 aromatic rings. The zero-order valence-corrected chi connectivity index (χ0v) is 6.70. The molecule has 0 aliphatic rings. The molecule has 0 N–H and O–H groups in total. The van der Waals surface area contributed by atoms with Crippen molar-refractivity contribution in [1.29, 1.82) is 0 Å². The van der Waals surface area contributed by atoms with E-state index in [-0.39, 0.29) is 0 Å². The van der Waals surface area contributed by atoms with Crippen LogP contribution in [-0.2, 0) is 0 Å². The Labute approximate surface area is 55.1 Å². The molecule has 0 aliphatic heterocycles. The molecule has 0 heterocycles. The predicted molar refractivity (Wildman–Crippen MR) is 38.5 cm³/mol. The van der Waals surface area contributed by atoms with Gasteiger partial charge in [0.2, 0.25) is 7.42 Å². The van der Waals surface area contributed by atoms with Crippen LogP contribution in [0.5, 0.6) is 0 Å². The third kappa shape index (κ3) is 6.54. The third-order valence-electron chi connectivity index (χ3n) is 0.589. The van der Waals surface area contributed by atoms with E-state index in [0.717, 1.165) is 12.5 Å². The van der Waals surface area contributed by atoms with Crippen LogP contribution in [0.2, 0.25) is 6.04 Å². The van der Waals surface area contributed by atoms with Crippen LogP contribution in [0.4, 0.5) is 0 Å². The lowest BCUT2D eigenvalue weighted by Gasteiger charge is -1.89. The van der Waals surface area contributed by atoms with E-state index in [0.29, 0.717) is 0 Å². The highest BCUT2D eigenvalue weighted by Crippen LogP contribution is 2.05. The van der Waals surface area contributed by atoms with E-state index in [1.165, 1.54) is 0 Å². The van der Waals surface area contributed by atoms with Crippen molar-refractivity contribution in [3.8, 4) is 0 Å². The van der Waals surface area contributed by atoms with Crippen molar-refractivity contribution in [2.24, 2.45) is 0 Å². The smallest absolute Gasteiger partial charge is 0.150 e. The first kappa shape index (κ1) is 7.54. The predicted octanol–water partition coefficient (Wildman–Crippen LogP) is 2.26. The molecule has 0 nitrogen and oxygen atoms in total. The highest BCUT2D eigenvalue weighted by atomic mass is 35.7. The Morgan fingerprint density at radius 2 is 2.14 bits per heavy atom. The molecule has 0 spiro atoms. The summed E-state index contributed by atoms with van der Waals surface area (Å²) in [6, 6.07) is 0.951. The van der Waals surface area contributed by atoms with Crippen LogP contribution >= 0.6 is 22.2 Å². The van der Waals surface area contributed by atoms with Crippen LogP contribution in [0.15, 0.2) is 12.7 Å². The van der Waals surface area contributed by atoms with Gasteiger partial charge in [-0.25, -0.2) is 0 Å². The molecular formula is C4H8Cl2Si. The monoisotopic (exact) mass is 154 g/mol. The first-order chi connectivity index (χ1) is 3.27. The van der Waals surface area contributed by atoms with Crippen LogP contribution in [0.25, 0.3) is 0 Å². The minimum atomic E-state index is -1.31. The molecule has 0 aliphatic carbocycles. The van der Waals surface area contributed by atoms with Crippen molar-refractivity contribution < 1.29 is 0 Å². The molecule has 0 saturated carbocycles. The minimum Gasteiger partial charge on any atom is -0.150 e. The Kier molecular flexibility index (Phi) is 5.05. The molecule has 0 aromatic heterocycles. The number of allylic oxidation sites excluding steroid dienone is 1. The van der Waals surface area contributed by atoms with Gasteiger partial charge in [-0.1, -0.05) is 6.08 Å². The van der Waals surface area contributed by atoms with Crippen molar-refractivity contribution in [2.75, 3.05) is 0 Å². The summed E-state index contributed by atoms with van der Waals surface area (Å²) in [7, 11) is -1.31. The van der Waals surface area contributed by atoms with Crippen molar-refractivity contribution in [3.63, 3.8) is 0 Å². The van der Waals surface area contributed by atoms with Gasteiger partial charge in [-0.05, 0) is 12.5 Å². The van der Waals surface area contributed by atoms with Crippen LogP contribution in [0.1, 0.15) is 6.42 Å². The number of hydrogen-bond donors (Lipinski definition) is 0. The molecule has 0 bridgehead atoms. The van der Waals surface area contributed by atoms with E-state index in [1.54, 1.807) is 0 Å². The van der Waals surface area contributed by atoms with E-state index in [1.807, 2.05) is 6.08 Å². The van der Waals surface area contributed by atoms with E-state index < -0.39 is 7.42 Å². The molecule has 0 rings (SSSR count). The van der Waals surface area contributed by atoms with Crippen LogP contribution in [-0.4, -0.2) is 7.42 Å². The van der Waals surface area contributed by atoms with Crippen molar-refractivity contribution in [3.05, 3.63) is 12.7 Å². The van der Waals surface area contributed by atoms with Gasteiger partial charge in [0.25, 0.3) is 0 Å². The maximum atomic E-state index is 5.51. The fourth-order valence-electron chi connectivity index (χ4n) is 0.244. The highest BCUT2D eigenvalue weighted by Gasteiger charge is 1.96. The van der Waals surface area contributed by atoms with Crippen molar-refractivity contribution in [2.45, 2.75) is 12.5 Å². The molecule has 0 fully saturated rings. The Morgan fingerprint density at radius 1 is 1.57 bits per heavy atom. The lowest BCUT2D eigenvalue weighted by Crippen LogP contribution is -1.87. The second-order valence-electron chi connectivity index (χ2n) is 1.26. The molecule has 0 radical (unpaired) electrons. The van der Waals surface area contributed by atoms with Gasteiger partial charge < -0.3 is 0 Å². The number of hydrogen-bond acceptors (Lipinski definition) is 0. The summed E-state index contributed by atoms with van der Waals surface area (Å²) in [6.07, 6.45) is 2.80. The summed E-state index contributed by atoms with van der Waals surface area (Å²) < 4.78 is 0. The van der Waals surface area contributed by atoms with Gasteiger partial charge in [-0.3, -0.25) is 0 Å². The third-order valence-corrected chi connectivity index (χ3v) is 2.67. The zero-order chi connectivity index (χ0) is 5.70. The van der Waals surface area contributed by atoms with Gasteiger partial charge in [-0.15, -0.1) is 6.58 Å². The Hall–Kier alpha value is 0.537. The second kappa shape index (κ2) is 4.69. The van der Waals surface area contributed by atoms with E-state index in [4.69, 9.17) is 22.2 Å². The standard InChI is InChI=1S/C4H8Cl2Si/c1-2-3-4-7(5)6/h2,7H,1,3-4H2. The zero-order valence-electron chi connectivity index (χ0n) is 4.03. The molecule has 7 heavy (non-hydrogen) atoms. The normalized spacial score (nSPS) is 9.57. The lowest BCUT2D eigenvalue weighted by atomic mass is 10.5. The Balaban J connectivity index is 2.81. The average Bonchev–Trinajstić information content (AvgIpc) is 1.61. The summed E-state index contributed by atoms with van der Waals surface area (Å²) >= 11 is 11.0. The summed E-state index contributed by atoms with van der Waals surface area (Å²) in [4.78, 5) is 0. The van der Waals surface area contributed by atoms with Gasteiger partial charge in [0.05, 0.1) is 0 Å². The van der Waals surface area contributed by atoms with Crippen LogP contribution < -0.4 is 0 Å². The minimum absolute atomic E-state index is 0.951. The molecular weight excluding hydrogens is 147 g/mol. The Morgan fingerprint density at radius 3 is 2.29 bits per heavy atom. The molecule has 0 atom stereocenters. The van der Waals surface area contributed by atoms with E-state index in [9.17, 15) is 0 Å². The number of halogens is 2. The van der Waals surface area contributed by atoms with Gasteiger partial charge >= 0.3 is 0 Å². The maximum Gasteiger partial charge on any atom is 0.237 e. The quantitative estimate of drug-likeness (QED) is 0.333. The van der Waals surface area contributed by atoms with Crippen LogP contribution in [0, 0.1) is 0 Å². The molecule has 0 saturated heterocycles. The topological polar surface area (TPSA) is 0 Å². The lowest BCUT2D eigenvalue weighted by molar-refractivity contribution is 1.21. The average molecular weight is 155 g/mol. The summed E-state index contributed by atoms with van der Waals surface area (Å²) in [5, 5.41) is 0. The summed E-state index contributed by atoms with van der Waals surface area (Å²) in [5.41, 5.74) is 0. The summed E-state index contributed by atoms with van der Waals surface area (Å²) in [5.74, 6) is 0. The van der Waals surface area contributed by atoms with Crippen molar-refractivity contribution >= 4 is 29.6 Å². The fourth-order valence-corrected chi connectivity index (χ4v) is 1.49. The van der Waals surface area contributed by atoms with E-state index in [2.05, 4.69) is 6.58 Å². The maximum absolute atomic E-state index is 5.51. The van der Waals surface area contributed by atoms with Crippen LogP contribution in [0.3, 0.4) is 0 Å². The molecule has 0 unspecified atom stereocenters. The summed E-state index contributed by atoms with van der Waals surface area (Å²) in [6.45, 7) is 3.54. The molecule has 0 aromatic carbocycles. The first-order valence-electron chi connectivity index (χ1n) is 2.16. The second-order valence-corrected chi connectivity index (χ2v) is 6.45. The largest absolute Gasteiger partial charge is 0.237 e. The number of rotatable bonds is 3. The Bertz CT molecular complexity index is 53.7. The molecule has 0 amide bonds. The SMILES string of the molecule is C=CCC[SiH](Cl)Cl. The highest BCUT2D eigenvalue weighted by molar-refractivity contribution is 7.33. The van der Waals surface area contributed by atoms with Crippen molar-refractivity contribution in [1.82, 2.24) is 0 Å². The first-order valence-corrected chi connectivity index (χ1v) is 6.47. The molecule has 3 heteroatoms. The van der Waals surface area contributed by atoms with Gasteiger partial charge in [0.1, 0.15) is 0 Å². The van der Waals surface area contributed by atoms with Gasteiger partial charge in [0, 0.05) is 0 Å². The van der Waals surface area contributed by atoms with Gasteiger partial charge in [0.15, 0.2) is 0 Å². The van der Waals surface area contributed by atoms with Gasteiger partial charge in [-0.2, -0.15) is 22.2 Å². The fraction of sp³-hybridized carbons (Fsp3) is 0.500. The molecule has 42 valence electrons.